The number of para-hydroxylation sites is 2. The van der Waals surface area contributed by atoms with Gasteiger partial charge in [-0.05, 0) is 50.1 Å². The number of halogens is 3. The maximum atomic E-state index is 9.82. The van der Waals surface area contributed by atoms with Gasteiger partial charge in [-0.15, -0.1) is 0 Å². The van der Waals surface area contributed by atoms with Crippen LogP contribution >= 0.6 is 43.5 Å². The maximum Gasteiger partial charge on any atom is 0.139 e. The fourth-order valence-electron chi connectivity index (χ4n) is 1.55. The van der Waals surface area contributed by atoms with Crippen LogP contribution in [-0.2, 0) is 6.54 Å². The number of hydrogen-bond acceptors (Lipinski definition) is 2. The predicted octanol–water partition coefficient (Wildman–Crippen LogP) is 5.18. The summed E-state index contributed by atoms with van der Waals surface area (Å²) in [6, 6.07) is 11.1. The van der Waals surface area contributed by atoms with Gasteiger partial charge in [-0.2, -0.15) is 0 Å². The minimum Gasteiger partial charge on any atom is -0.506 e. The van der Waals surface area contributed by atoms with Gasteiger partial charge in [0.15, 0.2) is 0 Å². The molecule has 18 heavy (non-hydrogen) atoms. The molecule has 0 aliphatic rings. The van der Waals surface area contributed by atoms with Gasteiger partial charge in [0.25, 0.3) is 0 Å². The summed E-state index contributed by atoms with van der Waals surface area (Å²) in [5.74, 6) is 0.120. The maximum absolute atomic E-state index is 9.82. The zero-order chi connectivity index (χ0) is 13.1. The van der Waals surface area contributed by atoms with E-state index >= 15 is 0 Å². The first-order chi connectivity index (χ1) is 8.59. The van der Waals surface area contributed by atoms with Crippen LogP contribution in [0.4, 0.5) is 5.69 Å². The van der Waals surface area contributed by atoms with Crippen LogP contribution in [0.2, 0.25) is 5.02 Å². The second kappa shape index (κ2) is 5.95. The summed E-state index contributed by atoms with van der Waals surface area (Å²) >= 11 is 12.8. The lowest BCUT2D eigenvalue weighted by molar-refractivity contribution is 0.469. The Morgan fingerprint density at radius 2 is 1.67 bits per heavy atom. The monoisotopic (exact) mass is 389 g/mol. The highest BCUT2D eigenvalue weighted by Gasteiger charge is 2.07. The Kier molecular flexibility index (Phi) is 4.54. The molecule has 0 spiro atoms. The van der Waals surface area contributed by atoms with Crippen LogP contribution in [0, 0.1) is 0 Å². The molecule has 0 heterocycles. The van der Waals surface area contributed by atoms with Crippen molar-refractivity contribution in [3.8, 4) is 5.75 Å². The molecule has 2 aromatic carbocycles. The van der Waals surface area contributed by atoms with Crippen molar-refractivity contribution in [2.75, 3.05) is 5.32 Å². The molecular formula is C13H10Br2ClNO. The Labute approximate surface area is 127 Å². The van der Waals surface area contributed by atoms with Crippen LogP contribution < -0.4 is 5.32 Å². The van der Waals surface area contributed by atoms with Crippen molar-refractivity contribution in [2.24, 2.45) is 0 Å². The third kappa shape index (κ3) is 2.99. The molecule has 0 bridgehead atoms. The van der Waals surface area contributed by atoms with E-state index in [0.717, 1.165) is 20.2 Å². The van der Waals surface area contributed by atoms with Crippen molar-refractivity contribution in [1.29, 1.82) is 0 Å². The SMILES string of the molecule is Oc1c(Cl)cccc1CNc1c(Br)cccc1Br. The normalized spacial score (nSPS) is 10.4. The van der Waals surface area contributed by atoms with Gasteiger partial charge < -0.3 is 10.4 Å². The quantitative estimate of drug-likeness (QED) is 0.755. The molecule has 0 aromatic heterocycles. The number of benzene rings is 2. The number of rotatable bonds is 3. The summed E-state index contributed by atoms with van der Waals surface area (Å²) in [5.41, 5.74) is 1.70. The second-order valence-corrected chi connectivity index (χ2v) is 5.81. The summed E-state index contributed by atoms with van der Waals surface area (Å²) in [7, 11) is 0. The molecule has 0 unspecified atom stereocenters. The topological polar surface area (TPSA) is 32.3 Å². The van der Waals surface area contributed by atoms with Crippen molar-refractivity contribution < 1.29 is 5.11 Å². The van der Waals surface area contributed by atoms with Crippen LogP contribution in [0.5, 0.6) is 5.75 Å². The van der Waals surface area contributed by atoms with Gasteiger partial charge in [-0.3, -0.25) is 0 Å². The van der Waals surface area contributed by atoms with Crippen LogP contribution in [0.3, 0.4) is 0 Å². The first kappa shape index (κ1) is 13.7. The molecule has 0 atom stereocenters. The van der Waals surface area contributed by atoms with E-state index < -0.39 is 0 Å². The lowest BCUT2D eigenvalue weighted by Crippen LogP contribution is -2.01. The summed E-state index contributed by atoms with van der Waals surface area (Å²) in [6.07, 6.45) is 0. The van der Waals surface area contributed by atoms with E-state index in [4.69, 9.17) is 11.6 Å². The van der Waals surface area contributed by atoms with E-state index in [9.17, 15) is 5.11 Å². The molecule has 0 aliphatic carbocycles. The van der Waals surface area contributed by atoms with Crippen LogP contribution in [-0.4, -0.2) is 5.11 Å². The van der Waals surface area contributed by atoms with Crippen molar-refractivity contribution in [1.82, 2.24) is 0 Å². The highest BCUT2D eigenvalue weighted by atomic mass is 79.9. The Morgan fingerprint density at radius 1 is 1.06 bits per heavy atom. The van der Waals surface area contributed by atoms with Crippen LogP contribution in [0.25, 0.3) is 0 Å². The van der Waals surface area contributed by atoms with E-state index in [1.165, 1.54) is 0 Å². The molecule has 2 aromatic rings. The highest BCUT2D eigenvalue weighted by Crippen LogP contribution is 2.32. The molecule has 0 radical (unpaired) electrons. The van der Waals surface area contributed by atoms with Crippen molar-refractivity contribution >= 4 is 49.1 Å². The minimum atomic E-state index is 0.120. The highest BCUT2D eigenvalue weighted by molar-refractivity contribution is 9.11. The van der Waals surface area contributed by atoms with E-state index in [1.54, 1.807) is 6.07 Å². The average Bonchev–Trinajstić information content (AvgIpc) is 2.33. The number of phenolic OH excluding ortho intramolecular Hbond substituents is 1. The number of nitrogens with one attached hydrogen (secondary N) is 1. The molecule has 0 saturated carbocycles. The first-order valence-corrected chi connectivity index (χ1v) is 7.20. The molecule has 5 heteroatoms. The lowest BCUT2D eigenvalue weighted by Gasteiger charge is -2.12. The van der Waals surface area contributed by atoms with Gasteiger partial charge in [-0.1, -0.05) is 29.8 Å². The van der Waals surface area contributed by atoms with Gasteiger partial charge in [0.05, 0.1) is 10.7 Å². The molecule has 0 aliphatic heterocycles. The standard InChI is InChI=1S/C13H10Br2ClNO/c14-9-4-2-5-10(15)12(9)17-7-8-3-1-6-11(16)13(8)18/h1-6,17-18H,7H2. The third-order valence-electron chi connectivity index (χ3n) is 2.49. The minimum absolute atomic E-state index is 0.120. The smallest absolute Gasteiger partial charge is 0.139 e. The fourth-order valence-corrected chi connectivity index (χ4v) is 3.03. The number of hydrogen-bond donors (Lipinski definition) is 2. The zero-order valence-electron chi connectivity index (χ0n) is 9.25. The second-order valence-electron chi connectivity index (χ2n) is 3.70. The van der Waals surface area contributed by atoms with Crippen LogP contribution in [0.1, 0.15) is 5.56 Å². The first-order valence-electron chi connectivity index (χ1n) is 5.24. The van der Waals surface area contributed by atoms with Gasteiger partial charge in [0.1, 0.15) is 5.75 Å². The molecule has 94 valence electrons. The largest absolute Gasteiger partial charge is 0.506 e. The van der Waals surface area contributed by atoms with Gasteiger partial charge in [0, 0.05) is 21.1 Å². The average molecular weight is 391 g/mol. The van der Waals surface area contributed by atoms with E-state index in [2.05, 4.69) is 37.2 Å². The Morgan fingerprint density at radius 3 is 2.33 bits per heavy atom. The van der Waals surface area contributed by atoms with Gasteiger partial charge >= 0.3 is 0 Å². The summed E-state index contributed by atoms with van der Waals surface area (Å²) < 4.78 is 1.91. The molecule has 2 rings (SSSR count). The Hall–Kier alpha value is -0.710. The number of anilines is 1. The van der Waals surface area contributed by atoms with E-state index in [-0.39, 0.29) is 5.75 Å². The van der Waals surface area contributed by atoms with Crippen LogP contribution in [0.15, 0.2) is 45.3 Å². The summed E-state index contributed by atoms with van der Waals surface area (Å²) in [5, 5.41) is 13.4. The fraction of sp³-hybridized carbons (Fsp3) is 0.0769. The summed E-state index contributed by atoms with van der Waals surface area (Å²) in [4.78, 5) is 0. The summed E-state index contributed by atoms with van der Waals surface area (Å²) in [6.45, 7) is 0.494. The molecule has 2 N–H and O–H groups in total. The van der Waals surface area contributed by atoms with Crippen molar-refractivity contribution in [3.05, 3.63) is 55.9 Å². The molecule has 2 nitrogen and oxygen atoms in total. The molecule has 0 amide bonds. The van der Waals surface area contributed by atoms with Gasteiger partial charge in [-0.25, -0.2) is 0 Å². The van der Waals surface area contributed by atoms with E-state index in [0.29, 0.717) is 11.6 Å². The van der Waals surface area contributed by atoms with E-state index in [1.807, 2.05) is 30.3 Å². The number of aromatic hydroxyl groups is 1. The molecule has 0 saturated heterocycles. The Balaban J connectivity index is 2.19. The Bertz CT molecular complexity index is 555. The zero-order valence-corrected chi connectivity index (χ0v) is 13.2. The third-order valence-corrected chi connectivity index (χ3v) is 4.12. The van der Waals surface area contributed by atoms with Crippen molar-refractivity contribution in [2.45, 2.75) is 6.54 Å². The van der Waals surface area contributed by atoms with Crippen molar-refractivity contribution in [3.63, 3.8) is 0 Å². The molecular weight excluding hydrogens is 381 g/mol. The van der Waals surface area contributed by atoms with Gasteiger partial charge in [0.2, 0.25) is 0 Å². The lowest BCUT2D eigenvalue weighted by atomic mass is 10.2. The predicted molar refractivity (Wildman–Crippen MR) is 82.3 cm³/mol. The molecule has 0 fully saturated rings. The number of phenols is 1.